The van der Waals surface area contributed by atoms with Gasteiger partial charge in [0.1, 0.15) is 11.5 Å². The van der Waals surface area contributed by atoms with Crippen molar-refractivity contribution in [3.8, 4) is 0 Å². The summed E-state index contributed by atoms with van der Waals surface area (Å²) in [4.78, 5) is 20.7. The number of hydrazine groups is 1. The number of aryl methyl sites for hydroxylation is 1. The molecule has 0 aliphatic carbocycles. The number of nitrogens with two attached hydrogens (primary N) is 1. The van der Waals surface area contributed by atoms with E-state index in [2.05, 4.69) is 25.1 Å². The van der Waals surface area contributed by atoms with Crippen LogP contribution in [-0.4, -0.2) is 20.2 Å². The first-order chi connectivity index (χ1) is 10.2. The first-order valence-corrected chi connectivity index (χ1v) is 6.93. The van der Waals surface area contributed by atoms with Crippen LogP contribution >= 0.6 is 11.5 Å². The van der Waals surface area contributed by atoms with Crippen LogP contribution in [0.4, 0.5) is 10.8 Å². The van der Waals surface area contributed by atoms with Crippen LogP contribution in [0.3, 0.4) is 0 Å². The number of nitrogens with zero attached hydrogens (tertiary/aromatic N) is 3. The number of anilines is 2. The third-order valence-electron chi connectivity index (χ3n) is 2.85. The van der Waals surface area contributed by atoms with Crippen LogP contribution in [0.25, 0.3) is 10.9 Å². The molecule has 0 radical (unpaired) electrons. The molecule has 0 saturated heterocycles. The highest BCUT2D eigenvalue weighted by Crippen LogP contribution is 2.22. The van der Waals surface area contributed by atoms with Crippen molar-refractivity contribution >= 4 is 39.2 Å². The maximum absolute atomic E-state index is 12.2. The minimum Gasteiger partial charge on any atom is -0.323 e. The standard InChI is InChI=1S/C13H12N6OS/c1-7-15-13(21-19-7)17-12(20)11-6-10(18-14)8-4-2-3-5-9(8)16-11/h2-6H,14H2,1H3,(H,16,18)(H,15,17,19,20). The molecule has 3 rings (SSSR count). The smallest absolute Gasteiger partial charge is 0.276 e. The Kier molecular flexibility index (Phi) is 3.46. The van der Waals surface area contributed by atoms with E-state index in [-0.39, 0.29) is 11.6 Å². The van der Waals surface area contributed by atoms with Gasteiger partial charge in [0, 0.05) is 16.9 Å². The predicted octanol–water partition coefficient (Wildman–Crippen LogP) is 1.93. The number of rotatable bonds is 3. The number of pyridine rings is 1. The van der Waals surface area contributed by atoms with Crippen molar-refractivity contribution in [3.63, 3.8) is 0 Å². The average molecular weight is 300 g/mol. The van der Waals surface area contributed by atoms with Gasteiger partial charge in [0.2, 0.25) is 5.13 Å². The molecule has 0 unspecified atom stereocenters. The summed E-state index contributed by atoms with van der Waals surface area (Å²) in [5.41, 5.74) is 4.17. The van der Waals surface area contributed by atoms with Gasteiger partial charge in [-0.15, -0.1) is 0 Å². The second-order valence-corrected chi connectivity index (χ2v) is 5.07. The van der Waals surface area contributed by atoms with Crippen LogP contribution in [0.2, 0.25) is 0 Å². The van der Waals surface area contributed by atoms with E-state index in [9.17, 15) is 4.79 Å². The second kappa shape index (κ2) is 5.43. The number of amides is 1. The normalized spacial score (nSPS) is 10.6. The van der Waals surface area contributed by atoms with Gasteiger partial charge < -0.3 is 5.43 Å². The third-order valence-corrected chi connectivity index (χ3v) is 3.57. The molecule has 0 saturated carbocycles. The van der Waals surface area contributed by atoms with Gasteiger partial charge in [0.15, 0.2) is 0 Å². The number of fused-ring (bicyclic) bond motifs is 1. The fourth-order valence-corrected chi connectivity index (χ4v) is 2.49. The lowest BCUT2D eigenvalue weighted by Crippen LogP contribution is -2.15. The van der Waals surface area contributed by atoms with Crippen molar-refractivity contribution in [1.29, 1.82) is 0 Å². The Bertz CT molecular complexity index is 815. The highest BCUT2D eigenvalue weighted by molar-refractivity contribution is 7.09. The van der Waals surface area contributed by atoms with Crippen molar-refractivity contribution in [2.75, 3.05) is 10.7 Å². The lowest BCUT2D eigenvalue weighted by molar-refractivity contribution is 0.102. The number of carbonyl (C=O) groups is 1. The average Bonchev–Trinajstić information content (AvgIpc) is 2.91. The van der Waals surface area contributed by atoms with Crippen LogP contribution in [0.15, 0.2) is 30.3 Å². The Morgan fingerprint density at radius 2 is 2.10 bits per heavy atom. The number of para-hydroxylation sites is 1. The van der Waals surface area contributed by atoms with Crippen LogP contribution in [0.1, 0.15) is 16.3 Å². The van der Waals surface area contributed by atoms with E-state index in [1.807, 2.05) is 24.3 Å². The molecule has 2 heterocycles. The van der Waals surface area contributed by atoms with Crippen molar-refractivity contribution < 1.29 is 4.79 Å². The van der Waals surface area contributed by atoms with Crippen molar-refractivity contribution in [3.05, 3.63) is 41.9 Å². The molecule has 7 nitrogen and oxygen atoms in total. The summed E-state index contributed by atoms with van der Waals surface area (Å²) in [6, 6.07) is 9.04. The maximum Gasteiger partial charge on any atom is 0.276 e. The lowest BCUT2D eigenvalue weighted by atomic mass is 10.1. The van der Waals surface area contributed by atoms with E-state index in [1.54, 1.807) is 13.0 Å². The molecule has 4 N–H and O–H groups in total. The molecule has 0 bridgehead atoms. The first kappa shape index (κ1) is 13.4. The van der Waals surface area contributed by atoms with E-state index < -0.39 is 0 Å². The van der Waals surface area contributed by atoms with Crippen LogP contribution in [-0.2, 0) is 0 Å². The maximum atomic E-state index is 12.2. The highest BCUT2D eigenvalue weighted by atomic mass is 32.1. The van der Waals surface area contributed by atoms with Gasteiger partial charge in [-0.1, -0.05) is 18.2 Å². The molecule has 2 aromatic heterocycles. The fraction of sp³-hybridized carbons (Fsp3) is 0.0769. The number of benzene rings is 1. The number of nitrogen functional groups attached to an aromatic ring is 1. The van der Waals surface area contributed by atoms with Gasteiger partial charge in [0.25, 0.3) is 5.91 Å². The van der Waals surface area contributed by atoms with E-state index in [4.69, 9.17) is 5.84 Å². The fourth-order valence-electron chi connectivity index (χ4n) is 1.92. The van der Waals surface area contributed by atoms with Crippen LogP contribution < -0.4 is 16.6 Å². The Morgan fingerprint density at radius 3 is 2.81 bits per heavy atom. The molecular weight excluding hydrogens is 288 g/mol. The van der Waals surface area contributed by atoms with E-state index in [0.29, 0.717) is 22.2 Å². The minimum absolute atomic E-state index is 0.259. The largest absolute Gasteiger partial charge is 0.323 e. The summed E-state index contributed by atoms with van der Waals surface area (Å²) >= 11 is 1.12. The molecule has 21 heavy (non-hydrogen) atoms. The number of aromatic nitrogens is 3. The summed E-state index contributed by atoms with van der Waals surface area (Å²) in [7, 11) is 0. The molecule has 0 fully saturated rings. The summed E-state index contributed by atoms with van der Waals surface area (Å²) < 4.78 is 4.01. The Balaban J connectivity index is 1.98. The molecule has 3 aromatic rings. The number of hydrogen-bond acceptors (Lipinski definition) is 7. The van der Waals surface area contributed by atoms with Gasteiger partial charge in [-0.3, -0.25) is 16.0 Å². The molecule has 1 amide bonds. The van der Waals surface area contributed by atoms with Gasteiger partial charge in [0.05, 0.1) is 11.2 Å². The van der Waals surface area contributed by atoms with Gasteiger partial charge in [-0.25, -0.2) is 9.97 Å². The molecule has 8 heteroatoms. The van der Waals surface area contributed by atoms with Crippen LogP contribution in [0, 0.1) is 6.92 Å². The predicted molar refractivity (Wildman–Crippen MR) is 82.2 cm³/mol. The van der Waals surface area contributed by atoms with Crippen molar-refractivity contribution in [2.45, 2.75) is 6.92 Å². The Morgan fingerprint density at radius 1 is 1.29 bits per heavy atom. The first-order valence-electron chi connectivity index (χ1n) is 6.15. The summed E-state index contributed by atoms with van der Waals surface area (Å²) in [6.45, 7) is 1.76. The molecule has 106 valence electrons. The van der Waals surface area contributed by atoms with E-state index >= 15 is 0 Å². The zero-order valence-corrected chi connectivity index (χ0v) is 11.9. The van der Waals surface area contributed by atoms with Crippen LogP contribution in [0.5, 0.6) is 0 Å². The monoisotopic (exact) mass is 300 g/mol. The zero-order valence-electron chi connectivity index (χ0n) is 11.1. The third kappa shape index (κ3) is 2.67. The topological polar surface area (TPSA) is 106 Å². The quantitative estimate of drug-likeness (QED) is 0.504. The zero-order chi connectivity index (χ0) is 14.8. The summed E-state index contributed by atoms with van der Waals surface area (Å²) in [5, 5.41) is 3.96. The van der Waals surface area contributed by atoms with Gasteiger partial charge in [-0.05, 0) is 19.1 Å². The lowest BCUT2D eigenvalue weighted by Gasteiger charge is -2.08. The van der Waals surface area contributed by atoms with E-state index in [0.717, 1.165) is 16.9 Å². The summed E-state index contributed by atoms with van der Waals surface area (Å²) in [5.74, 6) is 5.77. The van der Waals surface area contributed by atoms with Gasteiger partial charge in [-0.2, -0.15) is 4.37 Å². The van der Waals surface area contributed by atoms with Crippen molar-refractivity contribution in [1.82, 2.24) is 14.3 Å². The molecule has 0 spiro atoms. The highest BCUT2D eigenvalue weighted by Gasteiger charge is 2.13. The summed E-state index contributed by atoms with van der Waals surface area (Å²) in [6.07, 6.45) is 0. The molecule has 0 aliphatic heterocycles. The number of carbonyl (C=O) groups excluding carboxylic acids is 1. The Labute approximate surface area is 124 Å². The number of hydrogen-bond donors (Lipinski definition) is 3. The minimum atomic E-state index is -0.353. The SMILES string of the molecule is Cc1nsc(NC(=O)c2cc(NN)c3ccccc3n2)n1. The second-order valence-electron chi connectivity index (χ2n) is 4.32. The van der Waals surface area contributed by atoms with Gasteiger partial charge >= 0.3 is 0 Å². The van der Waals surface area contributed by atoms with E-state index in [1.165, 1.54) is 0 Å². The Hall–Kier alpha value is -2.58. The molecular formula is C13H12N6OS. The van der Waals surface area contributed by atoms with Crippen molar-refractivity contribution in [2.24, 2.45) is 5.84 Å². The number of nitrogens with one attached hydrogen (secondary N) is 2. The molecule has 1 aromatic carbocycles. The molecule has 0 atom stereocenters. The molecule has 0 aliphatic rings.